The minimum absolute atomic E-state index is 0.0113. The zero-order valence-corrected chi connectivity index (χ0v) is 9.68. The van der Waals surface area contributed by atoms with E-state index in [-0.39, 0.29) is 22.7 Å². The third kappa shape index (κ3) is 2.02. The second kappa shape index (κ2) is 5.29. The van der Waals surface area contributed by atoms with Crippen LogP contribution in [0.2, 0.25) is 0 Å². The number of hydrogen-bond donors (Lipinski definition) is 1. The van der Waals surface area contributed by atoms with Crippen LogP contribution in [0.5, 0.6) is 0 Å². The molecule has 1 aliphatic rings. The van der Waals surface area contributed by atoms with Crippen molar-refractivity contribution in [3.63, 3.8) is 0 Å². The van der Waals surface area contributed by atoms with Gasteiger partial charge in [0.05, 0.1) is 5.69 Å². The molecule has 0 saturated carbocycles. The second-order valence-corrected chi connectivity index (χ2v) is 3.99. The molecule has 0 radical (unpaired) electrons. The smallest absolute Gasteiger partial charge is 0.322 e. The number of urea groups is 1. The number of halogens is 3. The first-order chi connectivity index (χ1) is 8.72. The third-order valence-corrected chi connectivity index (χ3v) is 3.06. The standard InChI is InChI=1S/C12H13F3N2O/c13-5-8-1-2-11(10(7-15)9(8)6-14)17-4-3-16-12(17)18/h1-2H,3-7H2,(H,16,18). The van der Waals surface area contributed by atoms with Crippen LogP contribution in [0.15, 0.2) is 12.1 Å². The normalized spacial score (nSPS) is 15.1. The summed E-state index contributed by atoms with van der Waals surface area (Å²) in [5.74, 6) is 0. The van der Waals surface area contributed by atoms with E-state index < -0.39 is 20.0 Å². The van der Waals surface area contributed by atoms with Crippen LogP contribution in [0.1, 0.15) is 16.7 Å². The molecule has 1 aliphatic heterocycles. The Morgan fingerprint density at radius 3 is 2.33 bits per heavy atom. The minimum Gasteiger partial charge on any atom is -0.336 e. The predicted molar refractivity (Wildman–Crippen MR) is 61.6 cm³/mol. The molecule has 1 heterocycles. The summed E-state index contributed by atoms with van der Waals surface area (Å²) in [5.41, 5.74) is 0.521. The molecule has 98 valence electrons. The number of amides is 2. The van der Waals surface area contributed by atoms with Gasteiger partial charge in [-0.25, -0.2) is 18.0 Å². The zero-order chi connectivity index (χ0) is 13.1. The van der Waals surface area contributed by atoms with Gasteiger partial charge in [-0.1, -0.05) is 6.07 Å². The van der Waals surface area contributed by atoms with Gasteiger partial charge in [0.2, 0.25) is 0 Å². The Morgan fingerprint density at radius 2 is 1.83 bits per heavy atom. The van der Waals surface area contributed by atoms with Crippen molar-refractivity contribution < 1.29 is 18.0 Å². The molecule has 0 aliphatic carbocycles. The average molecular weight is 258 g/mol. The van der Waals surface area contributed by atoms with E-state index in [4.69, 9.17) is 0 Å². The maximum atomic E-state index is 13.1. The van der Waals surface area contributed by atoms with Gasteiger partial charge in [-0.05, 0) is 17.2 Å². The fraction of sp³-hybridized carbons (Fsp3) is 0.417. The van der Waals surface area contributed by atoms with Gasteiger partial charge >= 0.3 is 6.03 Å². The Hall–Kier alpha value is -1.72. The van der Waals surface area contributed by atoms with Crippen molar-refractivity contribution in [3.05, 3.63) is 28.8 Å². The maximum Gasteiger partial charge on any atom is 0.322 e. The van der Waals surface area contributed by atoms with Crippen LogP contribution < -0.4 is 10.2 Å². The molecule has 1 fully saturated rings. The summed E-state index contributed by atoms with van der Waals surface area (Å²) in [6.07, 6.45) is 0. The van der Waals surface area contributed by atoms with Crippen LogP contribution >= 0.6 is 0 Å². The number of rotatable bonds is 4. The average Bonchev–Trinajstić information content (AvgIpc) is 2.82. The number of carbonyl (C=O) groups excluding carboxylic acids is 1. The molecule has 6 heteroatoms. The molecular formula is C12H13F3N2O. The lowest BCUT2D eigenvalue weighted by molar-refractivity contribution is 0.252. The van der Waals surface area contributed by atoms with Crippen molar-refractivity contribution in [2.45, 2.75) is 20.0 Å². The van der Waals surface area contributed by atoms with Gasteiger partial charge in [0, 0.05) is 18.7 Å². The lowest BCUT2D eigenvalue weighted by Gasteiger charge is -2.20. The van der Waals surface area contributed by atoms with Gasteiger partial charge in [-0.2, -0.15) is 0 Å². The lowest BCUT2D eigenvalue weighted by Crippen LogP contribution is -2.28. The van der Waals surface area contributed by atoms with Gasteiger partial charge in [0.25, 0.3) is 0 Å². The van der Waals surface area contributed by atoms with Crippen molar-refractivity contribution in [1.29, 1.82) is 0 Å². The van der Waals surface area contributed by atoms with E-state index in [1.165, 1.54) is 17.0 Å². The summed E-state index contributed by atoms with van der Waals surface area (Å²) >= 11 is 0. The molecule has 1 N–H and O–H groups in total. The molecule has 1 saturated heterocycles. The summed E-state index contributed by atoms with van der Waals surface area (Å²) in [7, 11) is 0. The molecule has 1 aromatic rings. The molecule has 3 nitrogen and oxygen atoms in total. The summed E-state index contributed by atoms with van der Waals surface area (Å²) in [5, 5.41) is 2.58. The van der Waals surface area contributed by atoms with Crippen molar-refractivity contribution in [2.75, 3.05) is 18.0 Å². The summed E-state index contributed by atoms with van der Waals surface area (Å²) in [6.45, 7) is -1.86. The van der Waals surface area contributed by atoms with Gasteiger partial charge in [0.15, 0.2) is 0 Å². The van der Waals surface area contributed by atoms with E-state index >= 15 is 0 Å². The molecule has 0 unspecified atom stereocenters. The SMILES string of the molecule is O=C1NCCN1c1ccc(CF)c(CF)c1CF. The van der Waals surface area contributed by atoms with Crippen LogP contribution in [-0.2, 0) is 20.0 Å². The number of nitrogens with zero attached hydrogens (tertiary/aromatic N) is 1. The predicted octanol–water partition coefficient (Wildman–Crippen LogP) is 2.62. The Morgan fingerprint density at radius 1 is 1.11 bits per heavy atom. The van der Waals surface area contributed by atoms with E-state index in [0.717, 1.165) is 0 Å². The van der Waals surface area contributed by atoms with Crippen molar-refractivity contribution in [2.24, 2.45) is 0 Å². The van der Waals surface area contributed by atoms with Gasteiger partial charge < -0.3 is 5.32 Å². The molecule has 2 rings (SSSR count). The molecule has 0 spiro atoms. The number of benzene rings is 1. The van der Waals surface area contributed by atoms with Gasteiger partial charge in [-0.3, -0.25) is 4.90 Å². The summed E-state index contributed by atoms with van der Waals surface area (Å²) in [4.78, 5) is 12.9. The van der Waals surface area contributed by atoms with E-state index in [0.29, 0.717) is 18.8 Å². The Labute approximate surface area is 103 Å². The van der Waals surface area contributed by atoms with Crippen LogP contribution in [0.4, 0.5) is 23.7 Å². The molecule has 1 aromatic carbocycles. The number of anilines is 1. The Bertz CT molecular complexity index is 465. The fourth-order valence-corrected chi connectivity index (χ4v) is 2.12. The first kappa shape index (κ1) is 12.7. The topological polar surface area (TPSA) is 32.3 Å². The molecule has 18 heavy (non-hydrogen) atoms. The highest BCUT2D eigenvalue weighted by molar-refractivity contribution is 5.95. The lowest BCUT2D eigenvalue weighted by atomic mass is 10.0. The molecule has 0 aromatic heterocycles. The van der Waals surface area contributed by atoms with Crippen LogP contribution in [0, 0.1) is 0 Å². The highest BCUT2D eigenvalue weighted by Crippen LogP contribution is 2.30. The fourth-order valence-electron chi connectivity index (χ4n) is 2.12. The van der Waals surface area contributed by atoms with Crippen LogP contribution in [0.3, 0.4) is 0 Å². The largest absolute Gasteiger partial charge is 0.336 e. The van der Waals surface area contributed by atoms with Crippen LogP contribution in [0.25, 0.3) is 0 Å². The van der Waals surface area contributed by atoms with Crippen LogP contribution in [-0.4, -0.2) is 19.1 Å². The maximum absolute atomic E-state index is 13.1. The minimum atomic E-state index is -0.943. The Kier molecular flexibility index (Phi) is 3.74. The highest BCUT2D eigenvalue weighted by Gasteiger charge is 2.25. The second-order valence-electron chi connectivity index (χ2n) is 3.99. The number of carbonyl (C=O) groups is 1. The van der Waals surface area contributed by atoms with E-state index in [2.05, 4.69) is 5.32 Å². The van der Waals surface area contributed by atoms with Gasteiger partial charge in [0.1, 0.15) is 20.0 Å². The number of nitrogens with one attached hydrogen (secondary N) is 1. The Balaban J connectivity index is 2.50. The quantitative estimate of drug-likeness (QED) is 0.884. The monoisotopic (exact) mass is 258 g/mol. The number of hydrogen-bond acceptors (Lipinski definition) is 1. The third-order valence-electron chi connectivity index (χ3n) is 3.06. The summed E-state index contributed by atoms with van der Waals surface area (Å²) < 4.78 is 38.7. The van der Waals surface area contributed by atoms with E-state index in [1.54, 1.807) is 0 Å². The summed E-state index contributed by atoms with van der Waals surface area (Å²) in [6, 6.07) is 2.52. The van der Waals surface area contributed by atoms with Crippen molar-refractivity contribution in [3.8, 4) is 0 Å². The first-order valence-corrected chi connectivity index (χ1v) is 5.59. The van der Waals surface area contributed by atoms with Gasteiger partial charge in [-0.15, -0.1) is 0 Å². The van der Waals surface area contributed by atoms with E-state index in [1.807, 2.05) is 0 Å². The zero-order valence-electron chi connectivity index (χ0n) is 9.68. The molecule has 2 amide bonds. The molecule has 0 bridgehead atoms. The molecular weight excluding hydrogens is 245 g/mol. The number of alkyl halides is 3. The first-order valence-electron chi connectivity index (χ1n) is 5.59. The van der Waals surface area contributed by atoms with Crippen molar-refractivity contribution >= 4 is 11.7 Å². The van der Waals surface area contributed by atoms with Crippen molar-refractivity contribution in [1.82, 2.24) is 5.32 Å². The molecule has 0 atom stereocenters. The highest BCUT2D eigenvalue weighted by atomic mass is 19.1. The van der Waals surface area contributed by atoms with E-state index in [9.17, 15) is 18.0 Å².